The van der Waals surface area contributed by atoms with Crippen LogP contribution in [0, 0.1) is 0 Å². The maximum atomic E-state index is 12.4. The van der Waals surface area contributed by atoms with E-state index in [2.05, 4.69) is 21.2 Å². The molecule has 2 aromatic carbocycles. The molecular weight excluding hydrogens is 328 g/mol. The topological polar surface area (TPSA) is 32.3 Å². The zero-order valence-electron chi connectivity index (χ0n) is 12.2. The summed E-state index contributed by atoms with van der Waals surface area (Å²) in [4.78, 5) is 14.4. The van der Waals surface area contributed by atoms with Crippen molar-refractivity contribution in [2.45, 2.75) is 6.04 Å². The molecule has 1 amide bonds. The van der Waals surface area contributed by atoms with Crippen LogP contribution in [0.2, 0.25) is 0 Å². The van der Waals surface area contributed by atoms with Gasteiger partial charge in [-0.25, -0.2) is 0 Å². The molecular formula is C17H19BrN2O. The fraction of sp³-hybridized carbons (Fsp3) is 0.235. The van der Waals surface area contributed by atoms with Gasteiger partial charge in [0, 0.05) is 30.7 Å². The first kappa shape index (κ1) is 15.6. The monoisotopic (exact) mass is 346 g/mol. The van der Waals surface area contributed by atoms with E-state index in [1.54, 1.807) is 0 Å². The zero-order valence-corrected chi connectivity index (χ0v) is 13.8. The van der Waals surface area contributed by atoms with Crippen LogP contribution in [0.1, 0.15) is 22.0 Å². The molecule has 0 aliphatic carbocycles. The molecule has 0 fully saturated rings. The van der Waals surface area contributed by atoms with E-state index in [1.807, 2.05) is 73.6 Å². The highest BCUT2D eigenvalue weighted by Gasteiger charge is 2.14. The number of benzene rings is 2. The lowest BCUT2D eigenvalue weighted by Crippen LogP contribution is -2.29. The van der Waals surface area contributed by atoms with Crippen LogP contribution in [0.5, 0.6) is 0 Å². The Labute approximate surface area is 134 Å². The standard InChI is InChI=1S/C17H19BrN2O/c1-20(2)15-10-6-9-14(11-15)17(21)19-16(12-18)13-7-4-3-5-8-13/h3-11,16H,12H2,1-2H3,(H,19,21). The molecule has 0 aliphatic rings. The Bertz CT molecular complexity index is 599. The largest absolute Gasteiger partial charge is 0.378 e. The highest BCUT2D eigenvalue weighted by atomic mass is 79.9. The summed E-state index contributed by atoms with van der Waals surface area (Å²) in [6.07, 6.45) is 0. The molecule has 0 aromatic heterocycles. The van der Waals surface area contributed by atoms with Gasteiger partial charge in [0.15, 0.2) is 0 Å². The van der Waals surface area contributed by atoms with Crippen LogP contribution in [-0.4, -0.2) is 25.3 Å². The molecule has 3 nitrogen and oxygen atoms in total. The van der Waals surface area contributed by atoms with Gasteiger partial charge < -0.3 is 10.2 Å². The number of halogens is 1. The van der Waals surface area contributed by atoms with Crippen LogP contribution in [0.3, 0.4) is 0 Å². The molecule has 0 bridgehead atoms. The van der Waals surface area contributed by atoms with Crippen molar-refractivity contribution >= 4 is 27.5 Å². The number of alkyl halides is 1. The first-order valence-electron chi connectivity index (χ1n) is 6.81. The van der Waals surface area contributed by atoms with Gasteiger partial charge in [-0.3, -0.25) is 4.79 Å². The summed E-state index contributed by atoms with van der Waals surface area (Å²) in [5.74, 6) is -0.0630. The van der Waals surface area contributed by atoms with Gasteiger partial charge in [-0.1, -0.05) is 52.3 Å². The number of carbonyl (C=O) groups is 1. The number of hydrogen-bond acceptors (Lipinski definition) is 2. The van der Waals surface area contributed by atoms with Crippen molar-refractivity contribution in [3.63, 3.8) is 0 Å². The van der Waals surface area contributed by atoms with Crippen molar-refractivity contribution in [1.29, 1.82) is 0 Å². The quantitative estimate of drug-likeness (QED) is 0.838. The van der Waals surface area contributed by atoms with Crippen molar-refractivity contribution < 1.29 is 4.79 Å². The van der Waals surface area contributed by atoms with Crippen molar-refractivity contribution in [1.82, 2.24) is 5.32 Å². The lowest BCUT2D eigenvalue weighted by molar-refractivity contribution is 0.0941. The normalized spacial score (nSPS) is 11.8. The number of amides is 1. The average Bonchev–Trinajstić information content (AvgIpc) is 2.53. The molecule has 0 spiro atoms. The molecule has 1 atom stereocenters. The Morgan fingerprint density at radius 2 is 1.86 bits per heavy atom. The SMILES string of the molecule is CN(C)c1cccc(C(=O)NC(CBr)c2ccccc2)c1. The van der Waals surface area contributed by atoms with E-state index in [9.17, 15) is 4.79 Å². The van der Waals surface area contributed by atoms with E-state index in [-0.39, 0.29) is 11.9 Å². The van der Waals surface area contributed by atoms with Gasteiger partial charge in [0.2, 0.25) is 0 Å². The molecule has 2 rings (SSSR count). The van der Waals surface area contributed by atoms with Gasteiger partial charge in [-0.05, 0) is 23.8 Å². The zero-order chi connectivity index (χ0) is 15.2. The highest BCUT2D eigenvalue weighted by Crippen LogP contribution is 2.18. The Morgan fingerprint density at radius 3 is 2.48 bits per heavy atom. The number of hydrogen-bond donors (Lipinski definition) is 1. The lowest BCUT2D eigenvalue weighted by Gasteiger charge is -2.18. The second-order valence-corrected chi connectivity index (χ2v) is 5.68. The Balaban J connectivity index is 2.15. The number of anilines is 1. The van der Waals surface area contributed by atoms with Gasteiger partial charge in [0.25, 0.3) is 5.91 Å². The summed E-state index contributed by atoms with van der Waals surface area (Å²) in [5, 5.41) is 3.74. The number of nitrogens with one attached hydrogen (secondary N) is 1. The smallest absolute Gasteiger partial charge is 0.251 e. The van der Waals surface area contributed by atoms with Gasteiger partial charge in [0.1, 0.15) is 0 Å². The van der Waals surface area contributed by atoms with Crippen LogP contribution < -0.4 is 10.2 Å². The Hall–Kier alpha value is -1.81. The van der Waals surface area contributed by atoms with Gasteiger partial charge in [-0.15, -0.1) is 0 Å². The summed E-state index contributed by atoms with van der Waals surface area (Å²) in [6.45, 7) is 0. The molecule has 0 saturated carbocycles. The number of nitrogens with zero attached hydrogens (tertiary/aromatic N) is 1. The molecule has 4 heteroatoms. The van der Waals surface area contributed by atoms with E-state index in [1.165, 1.54) is 0 Å². The van der Waals surface area contributed by atoms with Crippen molar-refractivity contribution in [2.24, 2.45) is 0 Å². The fourth-order valence-electron chi connectivity index (χ4n) is 2.06. The highest BCUT2D eigenvalue weighted by molar-refractivity contribution is 9.09. The minimum atomic E-state index is -0.0630. The Kier molecular flexibility index (Phi) is 5.39. The maximum absolute atomic E-state index is 12.4. The first-order valence-corrected chi connectivity index (χ1v) is 7.93. The van der Waals surface area contributed by atoms with Crippen LogP contribution >= 0.6 is 15.9 Å². The van der Waals surface area contributed by atoms with Crippen molar-refractivity contribution in [2.75, 3.05) is 24.3 Å². The fourth-order valence-corrected chi connectivity index (χ4v) is 2.60. The van der Waals surface area contributed by atoms with Gasteiger partial charge >= 0.3 is 0 Å². The summed E-state index contributed by atoms with van der Waals surface area (Å²) in [6, 6.07) is 17.5. The Morgan fingerprint density at radius 1 is 1.14 bits per heavy atom. The van der Waals surface area contributed by atoms with Gasteiger partial charge in [-0.2, -0.15) is 0 Å². The predicted molar refractivity (Wildman–Crippen MR) is 91.2 cm³/mol. The second kappa shape index (κ2) is 7.27. The van der Waals surface area contributed by atoms with Crippen LogP contribution in [0.15, 0.2) is 54.6 Å². The molecule has 0 radical (unpaired) electrons. The molecule has 0 heterocycles. The summed E-state index contributed by atoms with van der Waals surface area (Å²) in [7, 11) is 3.92. The molecule has 21 heavy (non-hydrogen) atoms. The molecule has 0 aliphatic heterocycles. The molecule has 1 unspecified atom stereocenters. The minimum Gasteiger partial charge on any atom is -0.378 e. The van der Waals surface area contributed by atoms with E-state index in [0.717, 1.165) is 11.3 Å². The molecule has 2 aromatic rings. The first-order chi connectivity index (χ1) is 10.1. The van der Waals surface area contributed by atoms with Crippen LogP contribution in [0.25, 0.3) is 0 Å². The van der Waals surface area contributed by atoms with E-state index in [0.29, 0.717) is 10.9 Å². The third-order valence-corrected chi connectivity index (χ3v) is 3.93. The summed E-state index contributed by atoms with van der Waals surface area (Å²) >= 11 is 3.47. The van der Waals surface area contributed by atoms with Crippen molar-refractivity contribution in [3.8, 4) is 0 Å². The predicted octanol–water partition coefficient (Wildman–Crippen LogP) is 3.62. The summed E-state index contributed by atoms with van der Waals surface area (Å²) in [5.41, 5.74) is 2.77. The maximum Gasteiger partial charge on any atom is 0.251 e. The van der Waals surface area contributed by atoms with E-state index >= 15 is 0 Å². The third-order valence-electron chi connectivity index (χ3n) is 3.29. The second-order valence-electron chi connectivity index (χ2n) is 5.04. The van der Waals surface area contributed by atoms with Crippen LogP contribution in [0.4, 0.5) is 5.69 Å². The van der Waals surface area contributed by atoms with E-state index in [4.69, 9.17) is 0 Å². The third kappa shape index (κ3) is 4.08. The number of rotatable bonds is 5. The van der Waals surface area contributed by atoms with Crippen molar-refractivity contribution in [3.05, 3.63) is 65.7 Å². The summed E-state index contributed by atoms with van der Waals surface area (Å²) < 4.78 is 0. The minimum absolute atomic E-state index is 0.0401. The average molecular weight is 347 g/mol. The molecule has 0 saturated heterocycles. The number of carbonyl (C=O) groups excluding carboxylic acids is 1. The molecule has 110 valence electrons. The molecule has 1 N–H and O–H groups in total. The lowest BCUT2D eigenvalue weighted by atomic mass is 10.1. The van der Waals surface area contributed by atoms with E-state index < -0.39 is 0 Å². The van der Waals surface area contributed by atoms with Crippen LogP contribution in [-0.2, 0) is 0 Å². The van der Waals surface area contributed by atoms with Gasteiger partial charge in [0.05, 0.1) is 6.04 Å².